The monoisotopic (exact) mass is 483 g/mol. The van der Waals surface area contributed by atoms with Gasteiger partial charge in [0.1, 0.15) is 22.9 Å². The number of carbonyl (C=O) groups excluding carboxylic acids is 2. The third-order valence-electron chi connectivity index (χ3n) is 5.15. The van der Waals surface area contributed by atoms with Gasteiger partial charge >= 0.3 is 5.97 Å². The molecule has 4 aromatic rings. The summed E-state index contributed by atoms with van der Waals surface area (Å²) in [5, 5.41) is 5.14. The first-order chi connectivity index (χ1) is 17.1. The lowest BCUT2D eigenvalue weighted by atomic mass is 10.0. The molecule has 1 N–H and O–H groups in total. The molecule has 3 aromatic carbocycles. The Morgan fingerprint density at radius 3 is 2.29 bits per heavy atom. The van der Waals surface area contributed by atoms with Gasteiger partial charge in [-0.3, -0.25) is 4.79 Å². The quantitative estimate of drug-likeness (QED) is 0.209. The Kier molecular flexibility index (Phi) is 8.09. The SMILES string of the molecule is CCOC(=O)c1c(-c2ccccc2)csc1NC(=O)/C=C/c1ccc(OCc2ccccc2)cc1. The van der Waals surface area contributed by atoms with Crippen molar-refractivity contribution >= 4 is 34.3 Å². The smallest absolute Gasteiger partial charge is 0.341 e. The summed E-state index contributed by atoms with van der Waals surface area (Å²) >= 11 is 1.30. The summed E-state index contributed by atoms with van der Waals surface area (Å²) in [6.07, 6.45) is 3.16. The molecule has 0 fully saturated rings. The molecule has 5 nitrogen and oxygen atoms in total. The summed E-state index contributed by atoms with van der Waals surface area (Å²) in [4.78, 5) is 25.3. The van der Waals surface area contributed by atoms with Gasteiger partial charge in [0.05, 0.1) is 6.61 Å². The van der Waals surface area contributed by atoms with Gasteiger partial charge in [0, 0.05) is 17.0 Å². The average Bonchev–Trinajstić information content (AvgIpc) is 3.31. The maximum atomic E-state index is 12.7. The van der Waals surface area contributed by atoms with E-state index in [1.165, 1.54) is 17.4 Å². The third kappa shape index (κ3) is 6.46. The second kappa shape index (κ2) is 11.8. The van der Waals surface area contributed by atoms with Crippen LogP contribution in [-0.2, 0) is 16.1 Å². The van der Waals surface area contributed by atoms with Crippen LogP contribution in [0.25, 0.3) is 17.2 Å². The molecule has 0 saturated carbocycles. The second-order valence-electron chi connectivity index (χ2n) is 7.61. The molecular formula is C29H25NO4S. The van der Waals surface area contributed by atoms with E-state index in [2.05, 4.69) is 5.32 Å². The lowest BCUT2D eigenvalue weighted by Gasteiger charge is -2.08. The van der Waals surface area contributed by atoms with Crippen LogP contribution in [0.15, 0.2) is 96.4 Å². The van der Waals surface area contributed by atoms with E-state index in [4.69, 9.17) is 9.47 Å². The van der Waals surface area contributed by atoms with Gasteiger partial charge in [0.2, 0.25) is 5.91 Å². The van der Waals surface area contributed by atoms with E-state index < -0.39 is 5.97 Å². The zero-order valence-corrected chi connectivity index (χ0v) is 20.1. The maximum absolute atomic E-state index is 12.7. The highest BCUT2D eigenvalue weighted by molar-refractivity contribution is 7.15. The van der Waals surface area contributed by atoms with Crippen molar-refractivity contribution < 1.29 is 19.1 Å². The molecule has 1 amide bonds. The Balaban J connectivity index is 1.42. The molecule has 0 aliphatic carbocycles. The van der Waals surface area contributed by atoms with Crippen LogP contribution in [-0.4, -0.2) is 18.5 Å². The van der Waals surface area contributed by atoms with Gasteiger partial charge < -0.3 is 14.8 Å². The van der Waals surface area contributed by atoms with Crippen molar-refractivity contribution in [1.29, 1.82) is 0 Å². The van der Waals surface area contributed by atoms with Crippen LogP contribution in [0.2, 0.25) is 0 Å². The highest BCUT2D eigenvalue weighted by Crippen LogP contribution is 2.36. The Morgan fingerprint density at radius 1 is 0.914 bits per heavy atom. The van der Waals surface area contributed by atoms with E-state index >= 15 is 0 Å². The normalized spacial score (nSPS) is 10.8. The average molecular weight is 484 g/mol. The van der Waals surface area contributed by atoms with Crippen molar-refractivity contribution in [3.05, 3.63) is 113 Å². The van der Waals surface area contributed by atoms with Gasteiger partial charge in [-0.05, 0) is 41.8 Å². The molecule has 35 heavy (non-hydrogen) atoms. The molecule has 0 atom stereocenters. The van der Waals surface area contributed by atoms with Crippen LogP contribution in [0.4, 0.5) is 5.00 Å². The topological polar surface area (TPSA) is 64.6 Å². The summed E-state index contributed by atoms with van der Waals surface area (Å²) < 4.78 is 11.0. The zero-order valence-electron chi connectivity index (χ0n) is 19.3. The van der Waals surface area contributed by atoms with Crippen molar-refractivity contribution in [1.82, 2.24) is 0 Å². The van der Waals surface area contributed by atoms with Crippen LogP contribution in [0.5, 0.6) is 5.75 Å². The minimum Gasteiger partial charge on any atom is -0.489 e. The third-order valence-corrected chi connectivity index (χ3v) is 6.04. The number of benzene rings is 3. The summed E-state index contributed by atoms with van der Waals surface area (Å²) in [5.41, 5.74) is 3.94. The Hall–Kier alpha value is -4.16. The Bertz CT molecular complexity index is 1300. The number of ether oxygens (including phenoxy) is 2. The van der Waals surface area contributed by atoms with Crippen molar-refractivity contribution in [3.63, 3.8) is 0 Å². The fourth-order valence-corrected chi connectivity index (χ4v) is 4.39. The molecule has 0 unspecified atom stereocenters. The number of carbonyl (C=O) groups is 2. The van der Waals surface area contributed by atoms with Gasteiger partial charge in [-0.25, -0.2) is 4.79 Å². The predicted molar refractivity (Wildman–Crippen MR) is 141 cm³/mol. The molecule has 6 heteroatoms. The number of nitrogens with one attached hydrogen (secondary N) is 1. The molecule has 0 saturated heterocycles. The van der Waals surface area contributed by atoms with Crippen LogP contribution in [0.3, 0.4) is 0 Å². The van der Waals surface area contributed by atoms with Crippen LogP contribution < -0.4 is 10.1 Å². The first-order valence-corrected chi connectivity index (χ1v) is 12.1. The number of hydrogen-bond acceptors (Lipinski definition) is 5. The van der Waals surface area contributed by atoms with E-state index in [0.717, 1.165) is 28.0 Å². The van der Waals surface area contributed by atoms with Gasteiger partial charge in [0.15, 0.2) is 0 Å². The van der Waals surface area contributed by atoms with Gasteiger partial charge in [-0.15, -0.1) is 11.3 Å². The fourth-order valence-electron chi connectivity index (χ4n) is 3.43. The molecule has 4 rings (SSSR count). The van der Waals surface area contributed by atoms with Crippen molar-refractivity contribution in [2.75, 3.05) is 11.9 Å². The van der Waals surface area contributed by atoms with Crippen LogP contribution in [0, 0.1) is 0 Å². The summed E-state index contributed by atoms with van der Waals surface area (Å²) in [5.74, 6) is -0.0408. The first-order valence-electron chi connectivity index (χ1n) is 11.2. The molecule has 176 valence electrons. The number of anilines is 1. The van der Waals surface area contributed by atoms with Crippen molar-refractivity contribution in [3.8, 4) is 16.9 Å². The molecule has 0 aliphatic heterocycles. The standard InChI is InChI=1S/C29H25NO4S/c1-2-33-29(32)27-25(23-11-7-4-8-12-23)20-35-28(27)30-26(31)18-15-21-13-16-24(17-14-21)34-19-22-9-5-3-6-10-22/h3-18,20H,2,19H2,1H3,(H,30,31)/b18-15+. The minimum atomic E-state index is -0.460. The highest BCUT2D eigenvalue weighted by Gasteiger charge is 2.22. The number of thiophene rings is 1. The Morgan fingerprint density at radius 2 is 1.60 bits per heavy atom. The maximum Gasteiger partial charge on any atom is 0.341 e. The predicted octanol–water partition coefficient (Wildman–Crippen LogP) is 6.82. The summed E-state index contributed by atoms with van der Waals surface area (Å²) in [7, 11) is 0. The number of amides is 1. The second-order valence-corrected chi connectivity index (χ2v) is 8.49. The molecule has 0 radical (unpaired) electrons. The van der Waals surface area contributed by atoms with Gasteiger partial charge in [-0.1, -0.05) is 72.8 Å². The van der Waals surface area contributed by atoms with Gasteiger partial charge in [0.25, 0.3) is 0 Å². The molecule has 1 heterocycles. The van der Waals surface area contributed by atoms with Crippen LogP contribution in [0.1, 0.15) is 28.4 Å². The molecule has 0 aliphatic rings. The van der Waals surface area contributed by atoms with Crippen molar-refractivity contribution in [2.24, 2.45) is 0 Å². The highest BCUT2D eigenvalue weighted by atomic mass is 32.1. The minimum absolute atomic E-state index is 0.251. The number of esters is 1. The largest absolute Gasteiger partial charge is 0.489 e. The lowest BCUT2D eigenvalue weighted by Crippen LogP contribution is -2.12. The van der Waals surface area contributed by atoms with E-state index in [1.807, 2.05) is 90.3 Å². The molecular weight excluding hydrogens is 458 g/mol. The number of rotatable bonds is 9. The molecule has 0 bridgehead atoms. The van der Waals surface area contributed by atoms with Crippen LogP contribution >= 0.6 is 11.3 Å². The van der Waals surface area contributed by atoms with Gasteiger partial charge in [-0.2, -0.15) is 0 Å². The van der Waals surface area contributed by atoms with E-state index in [-0.39, 0.29) is 12.5 Å². The van der Waals surface area contributed by atoms with E-state index in [1.54, 1.807) is 13.0 Å². The van der Waals surface area contributed by atoms with Crippen molar-refractivity contribution in [2.45, 2.75) is 13.5 Å². The van der Waals surface area contributed by atoms with E-state index in [0.29, 0.717) is 17.2 Å². The molecule has 1 aromatic heterocycles. The summed E-state index contributed by atoms with van der Waals surface area (Å²) in [6.45, 7) is 2.50. The van der Waals surface area contributed by atoms with E-state index in [9.17, 15) is 9.59 Å². The summed E-state index contributed by atoms with van der Waals surface area (Å²) in [6, 6.07) is 27.0. The zero-order chi connectivity index (χ0) is 24.5. The molecule has 0 spiro atoms. The Labute approximate surface area is 208 Å². The fraction of sp³-hybridized carbons (Fsp3) is 0.103. The lowest BCUT2D eigenvalue weighted by molar-refractivity contribution is -0.111. The first kappa shape index (κ1) is 24.0. The number of hydrogen-bond donors (Lipinski definition) is 1.